The summed E-state index contributed by atoms with van der Waals surface area (Å²) >= 11 is 5.16. The van der Waals surface area contributed by atoms with Crippen molar-refractivity contribution < 1.29 is 22.3 Å². The van der Waals surface area contributed by atoms with Crippen LogP contribution in [0.25, 0.3) is 11.3 Å². The highest BCUT2D eigenvalue weighted by atomic mass is 32.1. The van der Waals surface area contributed by atoms with Crippen LogP contribution in [-0.2, 0) is 0 Å². The standard InChI is InChI=1S/C19H21F3N4O2S/c20-19(21,22)28-15-5-3-4-14(12-15)17-7-6-16(27-17)13-24-25-18(29)23-8-11-26-9-1-2-10-26/h3-7,12-13H,1-2,8-11H2,(H2,23,25,29). The first-order valence-electron chi connectivity index (χ1n) is 9.14. The predicted octanol–water partition coefficient (Wildman–Crippen LogP) is 3.74. The molecule has 10 heteroatoms. The van der Waals surface area contributed by atoms with Crippen molar-refractivity contribution in [3.05, 3.63) is 42.2 Å². The number of alkyl halides is 3. The van der Waals surface area contributed by atoms with E-state index in [4.69, 9.17) is 16.6 Å². The number of benzene rings is 1. The molecule has 6 nitrogen and oxygen atoms in total. The zero-order valence-corrected chi connectivity index (χ0v) is 16.4. The van der Waals surface area contributed by atoms with Gasteiger partial charge in [0.2, 0.25) is 0 Å². The fourth-order valence-corrected chi connectivity index (χ4v) is 3.11. The molecular formula is C19H21F3N4O2S. The van der Waals surface area contributed by atoms with Crippen LogP contribution >= 0.6 is 12.2 Å². The number of nitrogens with one attached hydrogen (secondary N) is 2. The second-order valence-corrected chi connectivity index (χ2v) is 6.86. The number of likely N-dealkylation sites (tertiary alicyclic amines) is 1. The van der Waals surface area contributed by atoms with Crippen LogP contribution in [-0.4, -0.2) is 48.8 Å². The molecule has 2 N–H and O–H groups in total. The lowest BCUT2D eigenvalue weighted by molar-refractivity contribution is -0.274. The Balaban J connectivity index is 1.48. The Morgan fingerprint density at radius 2 is 2.03 bits per heavy atom. The van der Waals surface area contributed by atoms with Gasteiger partial charge in [-0.3, -0.25) is 5.43 Å². The van der Waals surface area contributed by atoms with E-state index in [1.165, 1.54) is 37.3 Å². The third-order valence-electron chi connectivity index (χ3n) is 4.25. The van der Waals surface area contributed by atoms with E-state index in [0.29, 0.717) is 22.2 Å². The van der Waals surface area contributed by atoms with Crippen LogP contribution in [0.5, 0.6) is 5.75 Å². The van der Waals surface area contributed by atoms with Crippen molar-refractivity contribution in [2.45, 2.75) is 19.2 Å². The molecule has 0 aliphatic carbocycles. The summed E-state index contributed by atoms with van der Waals surface area (Å²) in [6.45, 7) is 3.94. The number of thiocarbonyl (C=S) groups is 1. The van der Waals surface area contributed by atoms with Crippen molar-refractivity contribution in [3.63, 3.8) is 0 Å². The van der Waals surface area contributed by atoms with Crippen LogP contribution < -0.4 is 15.5 Å². The molecule has 1 fully saturated rings. The summed E-state index contributed by atoms with van der Waals surface area (Å²) in [6, 6.07) is 8.86. The Bertz CT molecular complexity index is 848. The van der Waals surface area contributed by atoms with E-state index in [1.807, 2.05) is 0 Å². The number of ether oxygens (including phenoxy) is 1. The van der Waals surface area contributed by atoms with Crippen molar-refractivity contribution >= 4 is 23.5 Å². The number of furan rings is 1. The molecule has 1 saturated heterocycles. The topological polar surface area (TPSA) is 62.0 Å². The Hall–Kier alpha value is -2.59. The van der Waals surface area contributed by atoms with Crippen LogP contribution in [0.15, 0.2) is 45.9 Å². The largest absolute Gasteiger partial charge is 0.573 e. The van der Waals surface area contributed by atoms with E-state index in [-0.39, 0.29) is 5.75 Å². The maximum Gasteiger partial charge on any atom is 0.573 e. The van der Waals surface area contributed by atoms with Gasteiger partial charge in [0.25, 0.3) is 0 Å². The fourth-order valence-electron chi connectivity index (χ4n) is 2.95. The minimum absolute atomic E-state index is 0.311. The van der Waals surface area contributed by atoms with Gasteiger partial charge in [-0.1, -0.05) is 12.1 Å². The van der Waals surface area contributed by atoms with Gasteiger partial charge in [0.05, 0.1) is 6.21 Å². The molecule has 0 unspecified atom stereocenters. The van der Waals surface area contributed by atoms with Gasteiger partial charge < -0.3 is 19.4 Å². The highest BCUT2D eigenvalue weighted by Crippen LogP contribution is 2.28. The van der Waals surface area contributed by atoms with E-state index in [9.17, 15) is 13.2 Å². The van der Waals surface area contributed by atoms with Crippen molar-refractivity contribution in [1.29, 1.82) is 0 Å². The third kappa shape index (κ3) is 7.06. The summed E-state index contributed by atoms with van der Waals surface area (Å²) in [5, 5.41) is 7.49. The minimum Gasteiger partial charge on any atom is -0.455 e. The normalized spacial score (nSPS) is 15.0. The molecular weight excluding hydrogens is 405 g/mol. The quantitative estimate of drug-likeness (QED) is 0.400. The number of nitrogens with zero attached hydrogens (tertiary/aromatic N) is 2. The summed E-state index contributed by atoms with van der Waals surface area (Å²) in [4.78, 5) is 2.37. The second kappa shape index (κ2) is 9.75. The second-order valence-electron chi connectivity index (χ2n) is 6.45. The molecule has 0 bridgehead atoms. The zero-order chi connectivity index (χ0) is 20.7. The van der Waals surface area contributed by atoms with Crippen LogP contribution in [0, 0.1) is 0 Å². The van der Waals surface area contributed by atoms with Gasteiger partial charge in [0, 0.05) is 18.7 Å². The van der Waals surface area contributed by atoms with Crippen LogP contribution in [0.1, 0.15) is 18.6 Å². The van der Waals surface area contributed by atoms with Crippen molar-refractivity contribution in [2.24, 2.45) is 5.10 Å². The Kier molecular flexibility index (Phi) is 7.10. The predicted molar refractivity (Wildman–Crippen MR) is 108 cm³/mol. The molecule has 2 heterocycles. The molecule has 29 heavy (non-hydrogen) atoms. The number of hydrazone groups is 1. The Labute approximate surface area is 171 Å². The molecule has 3 rings (SSSR count). The molecule has 1 aromatic carbocycles. The first-order valence-corrected chi connectivity index (χ1v) is 9.55. The highest BCUT2D eigenvalue weighted by molar-refractivity contribution is 7.80. The summed E-state index contributed by atoms with van der Waals surface area (Å²) in [5.41, 5.74) is 3.16. The zero-order valence-electron chi connectivity index (χ0n) is 15.5. The van der Waals surface area contributed by atoms with Gasteiger partial charge in [0.1, 0.15) is 17.3 Å². The van der Waals surface area contributed by atoms with Gasteiger partial charge in [-0.15, -0.1) is 13.2 Å². The first-order chi connectivity index (χ1) is 13.9. The maximum atomic E-state index is 12.4. The van der Waals surface area contributed by atoms with Crippen LogP contribution in [0.2, 0.25) is 0 Å². The lowest BCUT2D eigenvalue weighted by atomic mass is 10.2. The molecule has 0 saturated carbocycles. The molecule has 156 valence electrons. The van der Waals surface area contributed by atoms with Crippen molar-refractivity contribution in [3.8, 4) is 17.1 Å². The van der Waals surface area contributed by atoms with Gasteiger partial charge >= 0.3 is 6.36 Å². The molecule has 0 spiro atoms. The van der Waals surface area contributed by atoms with Gasteiger partial charge in [-0.25, -0.2) is 0 Å². The summed E-state index contributed by atoms with van der Waals surface area (Å²) < 4.78 is 46.6. The number of halogens is 3. The van der Waals surface area contributed by atoms with E-state index < -0.39 is 6.36 Å². The average molecular weight is 426 g/mol. The van der Waals surface area contributed by atoms with Gasteiger partial charge in [0.15, 0.2) is 5.11 Å². The lowest BCUT2D eigenvalue weighted by Gasteiger charge is -2.15. The molecule has 1 aliphatic heterocycles. The monoisotopic (exact) mass is 426 g/mol. The van der Waals surface area contributed by atoms with E-state index in [0.717, 1.165) is 26.2 Å². The average Bonchev–Trinajstić information content (AvgIpc) is 3.32. The van der Waals surface area contributed by atoms with E-state index >= 15 is 0 Å². The molecule has 0 atom stereocenters. The van der Waals surface area contributed by atoms with Gasteiger partial charge in [-0.2, -0.15) is 5.10 Å². The fraction of sp³-hybridized carbons (Fsp3) is 0.368. The van der Waals surface area contributed by atoms with E-state index in [1.54, 1.807) is 18.2 Å². The Morgan fingerprint density at radius 3 is 2.79 bits per heavy atom. The lowest BCUT2D eigenvalue weighted by Crippen LogP contribution is -2.37. The molecule has 2 aromatic rings. The van der Waals surface area contributed by atoms with Crippen molar-refractivity contribution in [2.75, 3.05) is 26.2 Å². The molecule has 1 aliphatic rings. The summed E-state index contributed by atoms with van der Waals surface area (Å²) in [6.07, 6.45) is -0.810. The molecule has 0 amide bonds. The number of hydrogen-bond donors (Lipinski definition) is 2. The maximum absolute atomic E-state index is 12.4. The van der Waals surface area contributed by atoms with Gasteiger partial charge in [-0.05, 0) is 62.4 Å². The molecule has 0 radical (unpaired) electrons. The third-order valence-corrected chi connectivity index (χ3v) is 4.48. The summed E-state index contributed by atoms with van der Waals surface area (Å²) in [5.74, 6) is 0.508. The summed E-state index contributed by atoms with van der Waals surface area (Å²) in [7, 11) is 0. The number of hydrogen-bond acceptors (Lipinski definition) is 5. The Morgan fingerprint density at radius 1 is 1.24 bits per heavy atom. The smallest absolute Gasteiger partial charge is 0.455 e. The minimum atomic E-state index is -4.74. The SMILES string of the molecule is FC(F)(F)Oc1cccc(-c2ccc(C=NNC(=S)NCCN3CCCC3)o2)c1. The van der Waals surface area contributed by atoms with E-state index in [2.05, 4.69) is 25.5 Å². The molecule has 1 aromatic heterocycles. The van der Waals surface area contributed by atoms with Crippen molar-refractivity contribution in [1.82, 2.24) is 15.6 Å². The first kappa shape index (κ1) is 21.1. The highest BCUT2D eigenvalue weighted by Gasteiger charge is 2.31. The van der Waals surface area contributed by atoms with Crippen LogP contribution in [0.3, 0.4) is 0 Å². The van der Waals surface area contributed by atoms with Crippen LogP contribution in [0.4, 0.5) is 13.2 Å². The number of rotatable bonds is 7.